The number of carbonyl (C=O) groups is 1. The summed E-state index contributed by atoms with van der Waals surface area (Å²) >= 11 is 1.38. The minimum atomic E-state index is -0.350. The largest absolute Gasteiger partial charge is 0.455 e. The van der Waals surface area contributed by atoms with Crippen molar-refractivity contribution in [2.75, 3.05) is 13.2 Å². The Hall–Kier alpha value is -0.940. The summed E-state index contributed by atoms with van der Waals surface area (Å²) in [5.41, 5.74) is 2.00. The van der Waals surface area contributed by atoms with E-state index in [0.717, 1.165) is 6.42 Å². The number of aromatic nitrogens is 1. The fourth-order valence-electron chi connectivity index (χ4n) is 1.13. The predicted octanol–water partition coefficient (Wildman–Crippen LogP) is 1.09. The van der Waals surface area contributed by atoms with Crippen molar-refractivity contribution in [1.29, 1.82) is 0 Å². The van der Waals surface area contributed by atoms with Crippen LogP contribution in [0.3, 0.4) is 0 Å². The number of hydrogen-bond acceptors (Lipinski definition) is 5. The van der Waals surface area contributed by atoms with Gasteiger partial charge in [-0.15, -0.1) is 11.3 Å². The van der Waals surface area contributed by atoms with Gasteiger partial charge in [-0.3, -0.25) is 0 Å². The molecule has 0 unspecified atom stereocenters. The molecule has 1 aliphatic heterocycles. The van der Waals surface area contributed by atoms with E-state index in [1.165, 1.54) is 11.3 Å². The highest BCUT2D eigenvalue weighted by Crippen LogP contribution is 2.11. The van der Waals surface area contributed by atoms with Crippen molar-refractivity contribution in [2.24, 2.45) is 0 Å². The lowest BCUT2D eigenvalue weighted by Gasteiger charge is -2.07. The Morgan fingerprint density at radius 3 is 3.31 bits per heavy atom. The molecule has 0 spiro atoms. The molecule has 1 saturated heterocycles. The van der Waals surface area contributed by atoms with E-state index in [1.54, 1.807) is 10.9 Å². The molecule has 1 aromatic rings. The highest BCUT2D eigenvalue weighted by Gasteiger charge is 2.21. The van der Waals surface area contributed by atoms with Gasteiger partial charge in [-0.2, -0.15) is 0 Å². The van der Waals surface area contributed by atoms with Crippen molar-refractivity contribution in [3.63, 3.8) is 0 Å². The van der Waals surface area contributed by atoms with Crippen LogP contribution in [-0.2, 0) is 9.47 Å². The third-order valence-corrected chi connectivity index (χ3v) is 2.39. The number of thiazole rings is 1. The first kappa shape index (κ1) is 8.65. The second kappa shape index (κ2) is 3.85. The highest BCUT2D eigenvalue weighted by molar-refractivity contribution is 7.07. The lowest BCUT2D eigenvalue weighted by Crippen LogP contribution is -2.18. The lowest BCUT2D eigenvalue weighted by molar-refractivity contribution is 0.0265. The van der Waals surface area contributed by atoms with Gasteiger partial charge in [0.15, 0.2) is 5.69 Å². The van der Waals surface area contributed by atoms with Crippen LogP contribution in [0.25, 0.3) is 0 Å². The van der Waals surface area contributed by atoms with E-state index in [2.05, 4.69) is 4.98 Å². The minimum absolute atomic E-state index is 0.0887. The summed E-state index contributed by atoms with van der Waals surface area (Å²) in [6, 6.07) is 0. The normalized spacial score (nSPS) is 21.7. The molecule has 1 atom stereocenters. The van der Waals surface area contributed by atoms with Crippen LogP contribution in [0.5, 0.6) is 0 Å². The van der Waals surface area contributed by atoms with Gasteiger partial charge in [0.05, 0.1) is 18.7 Å². The quantitative estimate of drug-likeness (QED) is 0.669. The molecule has 0 aromatic carbocycles. The Morgan fingerprint density at radius 1 is 1.77 bits per heavy atom. The second-order valence-corrected chi connectivity index (χ2v) is 3.48. The van der Waals surface area contributed by atoms with Gasteiger partial charge < -0.3 is 9.47 Å². The molecule has 0 radical (unpaired) electrons. The van der Waals surface area contributed by atoms with Gasteiger partial charge in [0, 0.05) is 11.8 Å². The van der Waals surface area contributed by atoms with Crippen LogP contribution in [0.4, 0.5) is 0 Å². The third kappa shape index (κ3) is 2.05. The maximum absolute atomic E-state index is 11.3. The van der Waals surface area contributed by atoms with Crippen LogP contribution in [0.2, 0.25) is 0 Å². The number of hydrogen-bond donors (Lipinski definition) is 0. The van der Waals surface area contributed by atoms with Crippen LogP contribution in [-0.4, -0.2) is 30.3 Å². The van der Waals surface area contributed by atoms with Crippen LogP contribution in [0, 0.1) is 0 Å². The molecule has 1 fully saturated rings. The Labute approximate surface area is 79.5 Å². The highest BCUT2D eigenvalue weighted by atomic mass is 32.1. The first-order valence-corrected chi connectivity index (χ1v) is 4.97. The van der Waals surface area contributed by atoms with Crippen molar-refractivity contribution in [3.8, 4) is 0 Å². The van der Waals surface area contributed by atoms with Crippen molar-refractivity contribution in [1.82, 2.24) is 4.98 Å². The summed E-state index contributed by atoms with van der Waals surface area (Å²) in [6.45, 7) is 1.19. The number of rotatable bonds is 2. The van der Waals surface area contributed by atoms with E-state index in [4.69, 9.17) is 9.47 Å². The van der Waals surface area contributed by atoms with E-state index in [-0.39, 0.29) is 12.1 Å². The zero-order valence-corrected chi connectivity index (χ0v) is 7.75. The summed E-state index contributed by atoms with van der Waals surface area (Å²) in [5, 5.41) is 1.68. The van der Waals surface area contributed by atoms with Crippen molar-refractivity contribution < 1.29 is 14.3 Å². The fraction of sp³-hybridized carbons (Fsp3) is 0.500. The lowest BCUT2D eigenvalue weighted by atomic mass is 10.3. The molecule has 0 saturated carbocycles. The molecule has 0 aliphatic carbocycles. The first-order chi connectivity index (χ1) is 6.36. The molecule has 0 bridgehead atoms. The molecule has 2 heterocycles. The smallest absolute Gasteiger partial charge is 0.358 e. The van der Waals surface area contributed by atoms with Crippen molar-refractivity contribution in [3.05, 3.63) is 16.6 Å². The molecule has 2 rings (SSSR count). The molecule has 70 valence electrons. The third-order valence-electron chi connectivity index (χ3n) is 1.80. The SMILES string of the molecule is O=C(O[C@@H]1CCOC1)c1cscn1. The Bertz CT molecular complexity index is 280. The van der Waals surface area contributed by atoms with Crippen LogP contribution >= 0.6 is 11.3 Å². The number of esters is 1. The van der Waals surface area contributed by atoms with Crippen molar-refractivity contribution >= 4 is 17.3 Å². The van der Waals surface area contributed by atoms with Crippen LogP contribution < -0.4 is 0 Å². The Morgan fingerprint density at radius 2 is 2.69 bits per heavy atom. The van der Waals surface area contributed by atoms with Gasteiger partial charge >= 0.3 is 5.97 Å². The first-order valence-electron chi connectivity index (χ1n) is 4.03. The topological polar surface area (TPSA) is 48.4 Å². The molecule has 1 aliphatic rings. The Balaban J connectivity index is 1.91. The van der Waals surface area contributed by atoms with Gasteiger partial charge in [0.25, 0.3) is 0 Å². The van der Waals surface area contributed by atoms with E-state index < -0.39 is 0 Å². The summed E-state index contributed by atoms with van der Waals surface area (Å²) in [7, 11) is 0. The van der Waals surface area contributed by atoms with Gasteiger partial charge in [0.1, 0.15) is 6.10 Å². The average Bonchev–Trinajstić information content (AvgIpc) is 2.74. The van der Waals surface area contributed by atoms with Crippen molar-refractivity contribution in [2.45, 2.75) is 12.5 Å². The zero-order valence-electron chi connectivity index (χ0n) is 6.93. The van der Waals surface area contributed by atoms with Crippen LogP contribution in [0.15, 0.2) is 10.9 Å². The second-order valence-electron chi connectivity index (χ2n) is 2.76. The Kier molecular flexibility index (Phi) is 2.56. The molecule has 0 amide bonds. The monoisotopic (exact) mass is 199 g/mol. The van der Waals surface area contributed by atoms with E-state index in [0.29, 0.717) is 18.9 Å². The van der Waals surface area contributed by atoms with Gasteiger partial charge in [-0.05, 0) is 0 Å². The molecular weight excluding hydrogens is 190 g/mol. The van der Waals surface area contributed by atoms with Gasteiger partial charge in [-0.25, -0.2) is 9.78 Å². The number of nitrogens with zero attached hydrogens (tertiary/aromatic N) is 1. The molecule has 0 N–H and O–H groups in total. The van der Waals surface area contributed by atoms with Crippen LogP contribution in [0.1, 0.15) is 16.9 Å². The van der Waals surface area contributed by atoms with E-state index >= 15 is 0 Å². The van der Waals surface area contributed by atoms with E-state index in [1.807, 2.05) is 0 Å². The van der Waals surface area contributed by atoms with Gasteiger partial charge in [0.2, 0.25) is 0 Å². The molecule has 4 nitrogen and oxygen atoms in total. The predicted molar refractivity (Wildman–Crippen MR) is 46.8 cm³/mol. The van der Waals surface area contributed by atoms with Gasteiger partial charge in [-0.1, -0.05) is 0 Å². The molecular formula is C8H9NO3S. The summed E-state index contributed by atoms with van der Waals surface area (Å²) in [4.78, 5) is 15.2. The molecule has 13 heavy (non-hydrogen) atoms. The number of carbonyl (C=O) groups excluding carboxylic acids is 1. The van der Waals surface area contributed by atoms with E-state index in [9.17, 15) is 4.79 Å². The standard InChI is InChI=1S/C8H9NO3S/c10-8(7-4-13-5-9-7)12-6-1-2-11-3-6/h4-6H,1-3H2/t6-/m1/s1. The summed E-state index contributed by atoms with van der Waals surface area (Å²) in [5.74, 6) is -0.350. The summed E-state index contributed by atoms with van der Waals surface area (Å²) in [6.07, 6.45) is 0.699. The minimum Gasteiger partial charge on any atom is -0.455 e. The molecule has 5 heteroatoms. The zero-order chi connectivity index (χ0) is 9.10. The fourth-order valence-corrected chi connectivity index (χ4v) is 1.65. The average molecular weight is 199 g/mol. The maximum Gasteiger partial charge on any atom is 0.358 e. The summed E-state index contributed by atoms with van der Waals surface area (Å²) < 4.78 is 10.2. The maximum atomic E-state index is 11.3. The molecule has 1 aromatic heterocycles. The number of ether oxygens (including phenoxy) is 2.